The summed E-state index contributed by atoms with van der Waals surface area (Å²) in [6.45, 7) is 4.01. The topological polar surface area (TPSA) is 188 Å². The first kappa shape index (κ1) is 32.7. The van der Waals surface area contributed by atoms with Crippen molar-refractivity contribution in [3.8, 4) is 0 Å². The second-order valence-corrected chi connectivity index (χ2v) is 10.6. The van der Waals surface area contributed by atoms with Crippen molar-refractivity contribution >= 4 is 35.9 Å². The summed E-state index contributed by atoms with van der Waals surface area (Å²) in [6, 6.07) is 8.03. The van der Waals surface area contributed by atoms with Crippen LogP contribution in [-0.4, -0.2) is 91.5 Å². The van der Waals surface area contributed by atoms with E-state index in [1.54, 1.807) is 24.3 Å². The van der Waals surface area contributed by atoms with Crippen LogP contribution in [0.5, 0.6) is 0 Å². The average molecular weight is 622 g/mol. The number of hydrogen-bond donors (Lipinski definition) is 1. The Hall–Kier alpha value is -4.24. The van der Waals surface area contributed by atoms with Gasteiger partial charge in [0.05, 0.1) is 18.1 Å². The highest BCUT2D eigenvalue weighted by Crippen LogP contribution is 2.39. The Kier molecular flexibility index (Phi) is 10.8. The summed E-state index contributed by atoms with van der Waals surface area (Å²) < 4.78 is 44.5. The van der Waals surface area contributed by atoms with E-state index in [1.165, 1.54) is 0 Å². The molecule has 2 aliphatic heterocycles. The third-order valence-electron chi connectivity index (χ3n) is 7.19. The lowest BCUT2D eigenvalue weighted by Gasteiger charge is -2.46. The van der Waals surface area contributed by atoms with Gasteiger partial charge in [-0.05, 0) is 12.0 Å². The van der Waals surface area contributed by atoms with Crippen molar-refractivity contribution in [2.24, 2.45) is 5.92 Å². The average Bonchev–Trinajstić information content (AvgIpc) is 3.26. The molecule has 2 bridgehead atoms. The van der Waals surface area contributed by atoms with Gasteiger partial charge < -0.3 is 43.2 Å². The number of carbonyl (C=O) groups is 6. The SMILES string of the molecule is CC(=O)OC[C@H]1O[C@@H](O[C@@H]2C[C@H]3C[C@H](C(=O)O3)[C@@H]2NC(=O)OCc2ccccc2)[C@H](OC(C)=O)[C@@H](OC(C)=O)[C@@H]1OC(C)=O. The third kappa shape index (κ3) is 8.44. The van der Waals surface area contributed by atoms with Crippen molar-refractivity contribution in [2.45, 2.75) is 96.1 Å². The van der Waals surface area contributed by atoms with Crippen LogP contribution in [0.3, 0.4) is 0 Å². The maximum atomic E-state index is 12.8. The zero-order chi connectivity index (χ0) is 32.0. The van der Waals surface area contributed by atoms with E-state index >= 15 is 0 Å². The monoisotopic (exact) mass is 621 g/mol. The molecule has 15 heteroatoms. The zero-order valence-corrected chi connectivity index (χ0v) is 24.6. The van der Waals surface area contributed by atoms with Gasteiger partial charge in [-0.25, -0.2) is 4.79 Å². The first-order valence-corrected chi connectivity index (χ1v) is 14.0. The molecule has 0 radical (unpaired) electrons. The maximum absolute atomic E-state index is 12.8. The number of fused-ring (bicyclic) bond motifs is 2. The molecular weight excluding hydrogens is 586 g/mol. The number of rotatable bonds is 10. The van der Waals surface area contributed by atoms with Crippen LogP contribution in [0.25, 0.3) is 0 Å². The van der Waals surface area contributed by atoms with Gasteiger partial charge in [0.2, 0.25) is 0 Å². The lowest BCUT2D eigenvalue weighted by Crippen LogP contribution is -2.64. The second kappa shape index (κ2) is 14.5. The van der Waals surface area contributed by atoms with Gasteiger partial charge in [0.25, 0.3) is 0 Å². The number of ether oxygens (including phenoxy) is 8. The summed E-state index contributed by atoms with van der Waals surface area (Å²) in [5.41, 5.74) is 0.747. The Bertz CT molecular complexity index is 1240. The number of nitrogens with one attached hydrogen (secondary N) is 1. The molecule has 240 valence electrons. The molecule has 1 N–H and O–H groups in total. The molecule has 4 rings (SSSR count). The predicted octanol–water partition coefficient (Wildman–Crippen LogP) is 1.09. The van der Waals surface area contributed by atoms with Gasteiger partial charge in [-0.2, -0.15) is 0 Å². The highest BCUT2D eigenvalue weighted by molar-refractivity contribution is 5.78. The fraction of sp³-hybridized carbons (Fsp3) is 0.586. The number of carbonyl (C=O) groups excluding carboxylic acids is 6. The molecule has 0 spiro atoms. The fourth-order valence-electron chi connectivity index (χ4n) is 5.49. The highest BCUT2D eigenvalue weighted by Gasteiger charge is 2.56. The molecule has 3 aliphatic rings. The third-order valence-corrected chi connectivity index (χ3v) is 7.19. The van der Waals surface area contributed by atoms with Gasteiger partial charge in [0, 0.05) is 34.1 Å². The van der Waals surface area contributed by atoms with E-state index in [4.69, 9.17) is 37.9 Å². The van der Waals surface area contributed by atoms with Gasteiger partial charge in [-0.3, -0.25) is 24.0 Å². The van der Waals surface area contributed by atoms with Crippen LogP contribution in [0, 0.1) is 5.92 Å². The molecular formula is C29H35NO14. The molecule has 1 saturated carbocycles. The number of alkyl carbamates (subject to hydrolysis) is 1. The predicted molar refractivity (Wildman–Crippen MR) is 143 cm³/mol. The Morgan fingerprint density at radius 2 is 1.45 bits per heavy atom. The van der Waals surface area contributed by atoms with Crippen molar-refractivity contribution in [3.05, 3.63) is 35.9 Å². The Morgan fingerprint density at radius 3 is 2.09 bits per heavy atom. The van der Waals surface area contributed by atoms with Crippen molar-refractivity contribution in [1.29, 1.82) is 0 Å². The van der Waals surface area contributed by atoms with Gasteiger partial charge in [0.15, 0.2) is 24.6 Å². The molecule has 0 unspecified atom stereocenters. The number of amides is 1. The van der Waals surface area contributed by atoms with Gasteiger partial charge in [-0.1, -0.05) is 30.3 Å². The summed E-state index contributed by atoms with van der Waals surface area (Å²) in [5, 5.41) is 2.70. The molecule has 0 aromatic heterocycles. The molecule has 44 heavy (non-hydrogen) atoms. The van der Waals surface area contributed by atoms with Crippen molar-refractivity contribution in [2.75, 3.05) is 6.61 Å². The first-order valence-electron chi connectivity index (χ1n) is 14.0. The van der Waals surface area contributed by atoms with E-state index in [2.05, 4.69) is 5.32 Å². The first-order chi connectivity index (χ1) is 20.9. The molecule has 9 atom stereocenters. The molecule has 1 aromatic rings. The minimum atomic E-state index is -1.50. The Morgan fingerprint density at radius 1 is 0.818 bits per heavy atom. The van der Waals surface area contributed by atoms with Crippen LogP contribution < -0.4 is 5.32 Å². The molecule has 1 amide bonds. The van der Waals surface area contributed by atoms with E-state index in [9.17, 15) is 28.8 Å². The van der Waals surface area contributed by atoms with Crippen LogP contribution in [0.4, 0.5) is 4.79 Å². The number of esters is 5. The van der Waals surface area contributed by atoms with Crippen LogP contribution in [0.15, 0.2) is 30.3 Å². The maximum Gasteiger partial charge on any atom is 0.407 e. The van der Waals surface area contributed by atoms with Gasteiger partial charge in [-0.15, -0.1) is 0 Å². The van der Waals surface area contributed by atoms with Crippen molar-refractivity contribution < 1.29 is 66.7 Å². The van der Waals surface area contributed by atoms with Crippen molar-refractivity contribution in [1.82, 2.24) is 5.32 Å². The van der Waals surface area contributed by atoms with Crippen molar-refractivity contribution in [3.63, 3.8) is 0 Å². The molecule has 1 aromatic carbocycles. The molecule has 2 saturated heterocycles. The van der Waals surface area contributed by atoms with Gasteiger partial charge >= 0.3 is 35.9 Å². The quantitative estimate of drug-likeness (QED) is 0.289. The smallest absolute Gasteiger partial charge is 0.407 e. The Balaban J connectivity index is 1.60. The second-order valence-electron chi connectivity index (χ2n) is 10.6. The zero-order valence-electron chi connectivity index (χ0n) is 24.6. The summed E-state index contributed by atoms with van der Waals surface area (Å²) >= 11 is 0. The van der Waals surface area contributed by atoms with E-state index in [0.717, 1.165) is 33.3 Å². The summed E-state index contributed by atoms with van der Waals surface area (Å²) in [6.07, 6.45) is -8.86. The van der Waals surface area contributed by atoms with Crippen LogP contribution in [-0.2, 0) is 68.5 Å². The standard InChI is InChI=1S/C29H35NO14/c1-14(31)37-13-22-24(39-15(2)32)25(40-16(3)33)26(41-17(4)34)28(44-22)43-21-11-19-10-20(27(35)42-19)23(21)30-29(36)38-12-18-8-6-5-7-9-18/h5-9,19-26,28H,10-13H2,1-4H3,(H,30,36)/t19-,20+,21-,22-,23+,24-,25+,26-,28-/m1/s1. The molecule has 15 nitrogen and oxygen atoms in total. The van der Waals surface area contributed by atoms with Crippen LogP contribution in [0.1, 0.15) is 46.1 Å². The van der Waals surface area contributed by atoms with Gasteiger partial charge in [0.1, 0.15) is 25.4 Å². The van der Waals surface area contributed by atoms with E-state index in [-0.39, 0.29) is 13.0 Å². The van der Waals surface area contributed by atoms with E-state index < -0.39 is 97.4 Å². The lowest BCUT2D eigenvalue weighted by molar-refractivity contribution is -0.320. The van der Waals surface area contributed by atoms with E-state index in [0.29, 0.717) is 6.42 Å². The number of benzene rings is 1. The summed E-state index contributed by atoms with van der Waals surface area (Å²) in [5.74, 6) is -4.36. The largest absolute Gasteiger partial charge is 0.463 e. The highest BCUT2D eigenvalue weighted by atomic mass is 16.7. The normalized spacial score (nSPS) is 30.7. The molecule has 1 aliphatic carbocycles. The summed E-state index contributed by atoms with van der Waals surface area (Å²) in [4.78, 5) is 73.4. The van der Waals surface area contributed by atoms with Crippen LogP contribution >= 0.6 is 0 Å². The van der Waals surface area contributed by atoms with Crippen LogP contribution in [0.2, 0.25) is 0 Å². The molecule has 3 fully saturated rings. The van der Waals surface area contributed by atoms with E-state index in [1.807, 2.05) is 6.07 Å². The minimum Gasteiger partial charge on any atom is -0.463 e. The number of hydrogen-bond acceptors (Lipinski definition) is 14. The minimum absolute atomic E-state index is 0.0254. The molecule has 2 heterocycles. The Labute approximate surface area is 252 Å². The summed E-state index contributed by atoms with van der Waals surface area (Å²) in [7, 11) is 0. The lowest BCUT2D eigenvalue weighted by atomic mass is 9.83. The fourth-order valence-corrected chi connectivity index (χ4v) is 5.49.